The summed E-state index contributed by atoms with van der Waals surface area (Å²) in [6.45, 7) is 0.142. The highest BCUT2D eigenvalue weighted by Gasteiger charge is 2.16. The smallest absolute Gasteiger partial charge is 0.262 e. The zero-order valence-corrected chi connectivity index (χ0v) is 16.2. The minimum Gasteiger partial charge on any atom is -0.497 e. The molecule has 152 valence electrons. The molecule has 0 aliphatic carbocycles. The van der Waals surface area contributed by atoms with Gasteiger partial charge in [0.25, 0.3) is 11.8 Å². The quantitative estimate of drug-likeness (QED) is 0.477. The highest BCUT2D eigenvalue weighted by molar-refractivity contribution is 5.78. The van der Waals surface area contributed by atoms with Crippen molar-refractivity contribution in [1.82, 2.24) is 15.5 Å². The molecule has 0 radical (unpaired) electrons. The molecule has 0 atom stereocenters. The fraction of sp³-hybridized carbons (Fsp3) is 0.136. The normalized spacial score (nSPS) is 10.6. The largest absolute Gasteiger partial charge is 0.497 e. The molecule has 2 heterocycles. The molecule has 1 amide bonds. The van der Waals surface area contributed by atoms with E-state index in [9.17, 15) is 4.79 Å². The van der Waals surface area contributed by atoms with Gasteiger partial charge in [0.15, 0.2) is 6.61 Å². The highest BCUT2D eigenvalue weighted by atomic mass is 16.5. The number of furan rings is 1. The van der Waals surface area contributed by atoms with Gasteiger partial charge in [-0.1, -0.05) is 17.3 Å². The van der Waals surface area contributed by atoms with Crippen LogP contribution < -0.4 is 14.8 Å². The Morgan fingerprint density at radius 1 is 1.07 bits per heavy atom. The van der Waals surface area contributed by atoms with Crippen molar-refractivity contribution >= 4 is 5.91 Å². The van der Waals surface area contributed by atoms with Crippen molar-refractivity contribution in [3.8, 4) is 34.3 Å². The molecule has 2 aromatic carbocycles. The van der Waals surface area contributed by atoms with Crippen LogP contribution in [-0.4, -0.2) is 29.8 Å². The van der Waals surface area contributed by atoms with Crippen LogP contribution in [0.4, 0.5) is 0 Å². The molecule has 8 nitrogen and oxygen atoms in total. The zero-order valence-electron chi connectivity index (χ0n) is 16.2. The summed E-state index contributed by atoms with van der Waals surface area (Å²) in [6.07, 6.45) is 1.55. The number of rotatable bonds is 8. The monoisotopic (exact) mass is 405 g/mol. The molecule has 0 saturated carbocycles. The van der Waals surface area contributed by atoms with Crippen LogP contribution in [0, 0.1) is 0 Å². The molecule has 1 N–H and O–H groups in total. The summed E-state index contributed by atoms with van der Waals surface area (Å²) < 4.78 is 21.4. The maximum Gasteiger partial charge on any atom is 0.262 e. The summed E-state index contributed by atoms with van der Waals surface area (Å²) in [7, 11) is 1.61. The number of amides is 1. The number of methoxy groups -OCH3 is 1. The van der Waals surface area contributed by atoms with Gasteiger partial charge in [0.1, 0.15) is 17.3 Å². The Morgan fingerprint density at radius 3 is 2.67 bits per heavy atom. The van der Waals surface area contributed by atoms with Gasteiger partial charge in [-0.25, -0.2) is 0 Å². The predicted molar refractivity (Wildman–Crippen MR) is 108 cm³/mol. The lowest BCUT2D eigenvalue weighted by Gasteiger charge is -2.09. The van der Waals surface area contributed by atoms with E-state index in [1.165, 1.54) is 0 Å². The third-order valence-corrected chi connectivity index (χ3v) is 4.29. The maximum absolute atomic E-state index is 12.1. The van der Waals surface area contributed by atoms with Crippen molar-refractivity contribution in [3.05, 3.63) is 72.7 Å². The molecule has 4 aromatic rings. The first-order valence-corrected chi connectivity index (χ1v) is 9.22. The van der Waals surface area contributed by atoms with Crippen molar-refractivity contribution in [2.75, 3.05) is 13.7 Å². The SMILES string of the molecule is COc1ccc(-c2noc(-c3ccccc3OCC(=O)NCc3ccco3)n2)cc1. The summed E-state index contributed by atoms with van der Waals surface area (Å²) in [6, 6.07) is 18.1. The molecule has 0 saturated heterocycles. The van der Waals surface area contributed by atoms with E-state index in [-0.39, 0.29) is 12.5 Å². The maximum atomic E-state index is 12.1. The molecular weight excluding hydrogens is 386 g/mol. The van der Waals surface area contributed by atoms with E-state index in [1.807, 2.05) is 30.3 Å². The van der Waals surface area contributed by atoms with Crippen LogP contribution in [-0.2, 0) is 11.3 Å². The van der Waals surface area contributed by atoms with Crippen LogP contribution in [0.15, 0.2) is 75.9 Å². The highest BCUT2D eigenvalue weighted by Crippen LogP contribution is 2.30. The van der Waals surface area contributed by atoms with Crippen LogP contribution in [0.3, 0.4) is 0 Å². The number of hydrogen-bond acceptors (Lipinski definition) is 7. The third kappa shape index (κ3) is 4.49. The Kier molecular flexibility index (Phi) is 5.75. The van der Waals surface area contributed by atoms with E-state index >= 15 is 0 Å². The van der Waals surface area contributed by atoms with E-state index in [1.54, 1.807) is 43.7 Å². The average Bonchev–Trinajstić information content (AvgIpc) is 3.49. The van der Waals surface area contributed by atoms with Crippen LogP contribution in [0.1, 0.15) is 5.76 Å². The Morgan fingerprint density at radius 2 is 1.90 bits per heavy atom. The van der Waals surface area contributed by atoms with Crippen LogP contribution in [0.2, 0.25) is 0 Å². The van der Waals surface area contributed by atoms with Crippen molar-refractivity contribution in [1.29, 1.82) is 0 Å². The number of para-hydroxylation sites is 1. The van der Waals surface area contributed by atoms with Crippen LogP contribution >= 0.6 is 0 Å². The molecule has 4 rings (SSSR count). The van der Waals surface area contributed by atoms with Crippen molar-refractivity contribution in [2.45, 2.75) is 6.54 Å². The number of nitrogens with zero attached hydrogens (tertiary/aromatic N) is 2. The Hall–Kier alpha value is -4.07. The van der Waals surface area contributed by atoms with Gasteiger partial charge in [-0.3, -0.25) is 4.79 Å². The van der Waals surface area contributed by atoms with Crippen LogP contribution in [0.5, 0.6) is 11.5 Å². The summed E-state index contributed by atoms with van der Waals surface area (Å²) in [4.78, 5) is 16.5. The Balaban J connectivity index is 1.44. The lowest BCUT2D eigenvalue weighted by Crippen LogP contribution is -2.28. The van der Waals surface area contributed by atoms with Gasteiger partial charge in [-0.05, 0) is 48.5 Å². The minimum atomic E-state index is -0.273. The molecule has 8 heteroatoms. The molecule has 2 aromatic heterocycles. The van der Waals surface area contributed by atoms with E-state index < -0.39 is 0 Å². The molecule has 0 unspecified atom stereocenters. The number of carbonyl (C=O) groups excluding carboxylic acids is 1. The van der Waals surface area contributed by atoms with E-state index in [4.69, 9.17) is 18.4 Å². The number of nitrogens with one attached hydrogen (secondary N) is 1. The molecule has 30 heavy (non-hydrogen) atoms. The molecule has 0 spiro atoms. The number of hydrogen-bond donors (Lipinski definition) is 1. The van der Waals surface area contributed by atoms with Gasteiger partial charge in [0.2, 0.25) is 5.82 Å². The average molecular weight is 405 g/mol. The number of aromatic nitrogens is 2. The summed E-state index contributed by atoms with van der Waals surface area (Å²) >= 11 is 0. The van der Waals surface area contributed by atoms with Gasteiger partial charge in [-0.2, -0.15) is 4.98 Å². The Bertz CT molecular complexity index is 1100. The summed E-state index contributed by atoms with van der Waals surface area (Å²) in [5.41, 5.74) is 1.39. The van der Waals surface area contributed by atoms with E-state index in [0.717, 1.165) is 11.3 Å². The lowest BCUT2D eigenvalue weighted by atomic mass is 10.2. The van der Waals surface area contributed by atoms with Gasteiger partial charge < -0.3 is 23.7 Å². The fourth-order valence-corrected chi connectivity index (χ4v) is 2.75. The second kappa shape index (κ2) is 8.95. The number of ether oxygens (including phenoxy) is 2. The van der Waals surface area contributed by atoms with Gasteiger partial charge in [0, 0.05) is 5.56 Å². The topological polar surface area (TPSA) is 99.6 Å². The Labute approximate surface area is 172 Å². The van der Waals surface area contributed by atoms with Crippen LogP contribution in [0.25, 0.3) is 22.8 Å². The minimum absolute atomic E-state index is 0.156. The first-order chi connectivity index (χ1) is 14.7. The van der Waals surface area contributed by atoms with Crippen molar-refractivity contribution in [3.63, 3.8) is 0 Å². The molecule has 0 aliphatic heterocycles. The number of benzene rings is 2. The molecular formula is C22H19N3O5. The van der Waals surface area contributed by atoms with E-state index in [2.05, 4.69) is 15.5 Å². The summed E-state index contributed by atoms with van der Waals surface area (Å²) in [5, 5.41) is 6.77. The zero-order chi connectivity index (χ0) is 20.8. The van der Waals surface area contributed by atoms with Gasteiger partial charge >= 0.3 is 0 Å². The molecule has 0 aliphatic rings. The van der Waals surface area contributed by atoms with Gasteiger partial charge in [-0.15, -0.1) is 0 Å². The summed E-state index contributed by atoms with van der Waals surface area (Å²) in [5.74, 6) is 2.35. The lowest BCUT2D eigenvalue weighted by molar-refractivity contribution is -0.123. The second-order valence-electron chi connectivity index (χ2n) is 6.29. The third-order valence-electron chi connectivity index (χ3n) is 4.29. The molecule has 0 bridgehead atoms. The second-order valence-corrected chi connectivity index (χ2v) is 6.29. The number of carbonyl (C=O) groups is 1. The standard InChI is InChI=1S/C22H19N3O5/c1-27-16-10-8-15(9-11-16)21-24-22(30-25-21)18-6-2-3-7-19(18)29-14-20(26)23-13-17-5-4-12-28-17/h2-12H,13-14H2,1H3,(H,23,26). The predicted octanol–water partition coefficient (Wildman–Crippen LogP) is 3.70. The molecule has 0 fully saturated rings. The van der Waals surface area contributed by atoms with E-state index in [0.29, 0.717) is 35.3 Å². The van der Waals surface area contributed by atoms with Crippen molar-refractivity contribution in [2.24, 2.45) is 0 Å². The van der Waals surface area contributed by atoms with Gasteiger partial charge in [0.05, 0.1) is 25.5 Å². The first-order valence-electron chi connectivity index (χ1n) is 9.22. The first kappa shape index (κ1) is 19.3. The van der Waals surface area contributed by atoms with Crippen molar-refractivity contribution < 1.29 is 23.2 Å². The fourth-order valence-electron chi connectivity index (χ4n) is 2.75.